The molecule has 2 aromatic rings. The van der Waals surface area contributed by atoms with Crippen molar-refractivity contribution in [1.29, 1.82) is 0 Å². The van der Waals surface area contributed by atoms with Crippen molar-refractivity contribution < 1.29 is 4.79 Å². The fraction of sp³-hybridized carbons (Fsp3) is 0.200. The largest absolute Gasteiger partial charge is 0.396 e. The molecule has 17 heavy (non-hydrogen) atoms. The van der Waals surface area contributed by atoms with Crippen LogP contribution in [0, 0.1) is 0 Å². The Labute approximate surface area is 97.7 Å². The SMILES string of the molecule is CCn1ncc(N)c1C(=O)Nc1cncnc1. The van der Waals surface area contributed by atoms with E-state index in [-0.39, 0.29) is 5.91 Å². The van der Waals surface area contributed by atoms with Crippen molar-refractivity contribution in [3.8, 4) is 0 Å². The van der Waals surface area contributed by atoms with Crippen molar-refractivity contribution in [3.05, 3.63) is 30.6 Å². The van der Waals surface area contributed by atoms with Crippen molar-refractivity contribution >= 4 is 17.3 Å². The summed E-state index contributed by atoms with van der Waals surface area (Å²) in [5, 5.41) is 6.65. The van der Waals surface area contributed by atoms with Crippen LogP contribution in [-0.4, -0.2) is 25.7 Å². The van der Waals surface area contributed by atoms with E-state index in [1.54, 1.807) is 0 Å². The molecule has 0 aliphatic heterocycles. The maximum atomic E-state index is 12.0. The monoisotopic (exact) mass is 232 g/mol. The molecule has 7 heteroatoms. The van der Waals surface area contributed by atoms with Crippen molar-refractivity contribution in [1.82, 2.24) is 19.7 Å². The summed E-state index contributed by atoms with van der Waals surface area (Å²) in [6.07, 6.45) is 5.86. The van der Waals surface area contributed by atoms with Gasteiger partial charge in [-0.25, -0.2) is 9.97 Å². The highest BCUT2D eigenvalue weighted by atomic mass is 16.2. The van der Waals surface area contributed by atoms with Gasteiger partial charge in [-0.1, -0.05) is 0 Å². The molecule has 1 amide bonds. The Hall–Kier alpha value is -2.44. The van der Waals surface area contributed by atoms with Crippen LogP contribution in [0.25, 0.3) is 0 Å². The molecular formula is C10H12N6O. The number of nitrogens with two attached hydrogens (primary N) is 1. The van der Waals surface area contributed by atoms with Crippen LogP contribution in [0.3, 0.4) is 0 Å². The standard InChI is InChI=1S/C10H12N6O/c1-2-16-9(8(11)5-14-16)10(17)15-7-3-12-6-13-4-7/h3-6H,2,11H2,1H3,(H,15,17). The predicted octanol–water partition coefficient (Wildman–Crippen LogP) is 0.527. The third kappa shape index (κ3) is 2.22. The van der Waals surface area contributed by atoms with Crippen molar-refractivity contribution in [2.75, 3.05) is 11.1 Å². The molecule has 0 aliphatic carbocycles. The van der Waals surface area contributed by atoms with Gasteiger partial charge in [0.25, 0.3) is 5.91 Å². The third-order valence-electron chi connectivity index (χ3n) is 2.20. The van der Waals surface area contributed by atoms with E-state index in [4.69, 9.17) is 5.73 Å². The first-order valence-corrected chi connectivity index (χ1v) is 5.10. The van der Waals surface area contributed by atoms with E-state index in [2.05, 4.69) is 20.4 Å². The Bertz CT molecular complexity index is 521. The van der Waals surface area contributed by atoms with E-state index in [9.17, 15) is 4.79 Å². The Morgan fingerprint density at radius 2 is 2.12 bits per heavy atom. The lowest BCUT2D eigenvalue weighted by Gasteiger charge is -2.06. The normalized spacial score (nSPS) is 10.2. The molecule has 0 saturated heterocycles. The summed E-state index contributed by atoms with van der Waals surface area (Å²) in [5.74, 6) is -0.323. The molecule has 0 fully saturated rings. The molecule has 3 N–H and O–H groups in total. The van der Waals surface area contributed by atoms with Crippen LogP contribution in [-0.2, 0) is 6.54 Å². The van der Waals surface area contributed by atoms with Gasteiger partial charge in [-0.3, -0.25) is 9.48 Å². The molecule has 0 atom stereocenters. The number of anilines is 2. The first kappa shape index (κ1) is 11.1. The number of carbonyl (C=O) groups is 1. The molecule has 2 aromatic heterocycles. The van der Waals surface area contributed by atoms with Gasteiger partial charge in [0.2, 0.25) is 0 Å². The number of hydrogen-bond acceptors (Lipinski definition) is 5. The van der Waals surface area contributed by atoms with Gasteiger partial charge in [0.05, 0.1) is 30.0 Å². The number of aryl methyl sites for hydroxylation is 1. The van der Waals surface area contributed by atoms with Gasteiger partial charge in [0.15, 0.2) is 0 Å². The van der Waals surface area contributed by atoms with Crippen LogP contribution in [0.5, 0.6) is 0 Å². The molecular weight excluding hydrogens is 220 g/mol. The summed E-state index contributed by atoms with van der Waals surface area (Å²) >= 11 is 0. The molecule has 0 aromatic carbocycles. The number of aromatic nitrogens is 4. The summed E-state index contributed by atoms with van der Waals surface area (Å²) in [6.45, 7) is 2.46. The van der Waals surface area contributed by atoms with E-state index < -0.39 is 0 Å². The minimum atomic E-state index is -0.323. The fourth-order valence-electron chi connectivity index (χ4n) is 1.44. The van der Waals surface area contributed by atoms with Crippen LogP contribution in [0.4, 0.5) is 11.4 Å². The zero-order valence-electron chi connectivity index (χ0n) is 9.29. The van der Waals surface area contributed by atoms with E-state index in [0.29, 0.717) is 23.6 Å². The second-order valence-corrected chi connectivity index (χ2v) is 3.35. The molecule has 2 heterocycles. The molecule has 0 aliphatic rings. The lowest BCUT2D eigenvalue weighted by molar-refractivity contribution is 0.101. The summed E-state index contributed by atoms with van der Waals surface area (Å²) < 4.78 is 1.54. The number of nitrogen functional groups attached to an aromatic ring is 1. The molecule has 0 saturated carbocycles. The summed E-state index contributed by atoms with van der Waals surface area (Å²) in [5.41, 5.74) is 6.90. The molecule has 7 nitrogen and oxygen atoms in total. The Balaban J connectivity index is 2.23. The molecule has 88 valence electrons. The van der Waals surface area contributed by atoms with Crippen LogP contribution in [0.15, 0.2) is 24.9 Å². The highest BCUT2D eigenvalue weighted by Gasteiger charge is 2.16. The second-order valence-electron chi connectivity index (χ2n) is 3.35. The van der Waals surface area contributed by atoms with Gasteiger partial charge in [0, 0.05) is 6.54 Å². The zero-order chi connectivity index (χ0) is 12.3. The highest BCUT2D eigenvalue weighted by Crippen LogP contribution is 2.13. The number of carbonyl (C=O) groups excluding carboxylic acids is 1. The topological polar surface area (TPSA) is 98.7 Å². The van der Waals surface area contributed by atoms with Crippen molar-refractivity contribution in [3.63, 3.8) is 0 Å². The summed E-state index contributed by atoms with van der Waals surface area (Å²) in [7, 11) is 0. The Kier molecular flexibility index (Phi) is 2.99. The quantitative estimate of drug-likeness (QED) is 0.804. The minimum absolute atomic E-state index is 0.323. The van der Waals surface area contributed by atoms with Gasteiger partial charge in [-0.05, 0) is 6.92 Å². The zero-order valence-corrected chi connectivity index (χ0v) is 9.29. The second kappa shape index (κ2) is 4.60. The summed E-state index contributed by atoms with van der Waals surface area (Å²) in [4.78, 5) is 19.6. The Morgan fingerprint density at radius 1 is 1.41 bits per heavy atom. The van der Waals surface area contributed by atoms with Gasteiger partial charge in [-0.2, -0.15) is 5.10 Å². The van der Waals surface area contributed by atoms with Gasteiger partial charge in [-0.15, -0.1) is 0 Å². The highest BCUT2D eigenvalue weighted by molar-refractivity contribution is 6.06. The van der Waals surface area contributed by atoms with Crippen molar-refractivity contribution in [2.24, 2.45) is 0 Å². The average molecular weight is 232 g/mol. The number of amides is 1. The van der Waals surface area contributed by atoms with Crippen LogP contribution < -0.4 is 11.1 Å². The first-order chi connectivity index (χ1) is 8.22. The smallest absolute Gasteiger partial charge is 0.276 e. The fourth-order valence-corrected chi connectivity index (χ4v) is 1.44. The number of nitrogens with one attached hydrogen (secondary N) is 1. The Morgan fingerprint density at radius 3 is 2.76 bits per heavy atom. The molecule has 2 rings (SSSR count). The average Bonchev–Trinajstić information content (AvgIpc) is 2.71. The molecule has 0 unspecified atom stereocenters. The van der Waals surface area contributed by atoms with Crippen molar-refractivity contribution in [2.45, 2.75) is 13.5 Å². The van der Waals surface area contributed by atoms with E-state index in [0.717, 1.165) is 0 Å². The van der Waals surface area contributed by atoms with Gasteiger partial charge < -0.3 is 11.1 Å². The van der Waals surface area contributed by atoms with E-state index in [1.807, 2.05) is 6.92 Å². The van der Waals surface area contributed by atoms with Gasteiger partial charge >= 0.3 is 0 Å². The lowest BCUT2D eigenvalue weighted by atomic mass is 10.3. The van der Waals surface area contributed by atoms with E-state index in [1.165, 1.54) is 29.6 Å². The third-order valence-corrected chi connectivity index (χ3v) is 2.20. The predicted molar refractivity (Wildman–Crippen MR) is 62.3 cm³/mol. The maximum absolute atomic E-state index is 12.0. The molecule has 0 radical (unpaired) electrons. The van der Waals surface area contributed by atoms with Gasteiger partial charge in [0.1, 0.15) is 12.0 Å². The van der Waals surface area contributed by atoms with Crippen LogP contribution in [0.1, 0.15) is 17.4 Å². The molecule has 0 spiro atoms. The maximum Gasteiger partial charge on any atom is 0.276 e. The number of nitrogens with zero attached hydrogens (tertiary/aromatic N) is 4. The molecule has 0 bridgehead atoms. The first-order valence-electron chi connectivity index (χ1n) is 5.10. The van der Waals surface area contributed by atoms with E-state index >= 15 is 0 Å². The minimum Gasteiger partial charge on any atom is -0.396 e. The lowest BCUT2D eigenvalue weighted by Crippen LogP contribution is -2.19. The summed E-state index contributed by atoms with van der Waals surface area (Å²) in [6, 6.07) is 0. The van der Waals surface area contributed by atoms with Crippen LogP contribution >= 0.6 is 0 Å². The number of hydrogen-bond donors (Lipinski definition) is 2. The van der Waals surface area contributed by atoms with Crippen LogP contribution in [0.2, 0.25) is 0 Å². The number of rotatable bonds is 3.